The fourth-order valence-electron chi connectivity index (χ4n) is 2.00. The van der Waals surface area contributed by atoms with Crippen LogP contribution in [0.3, 0.4) is 0 Å². The molecule has 110 valence electrons. The molecule has 2 rings (SSSR count). The van der Waals surface area contributed by atoms with Gasteiger partial charge in [0.15, 0.2) is 23.3 Å². The van der Waals surface area contributed by atoms with Crippen LogP contribution in [0.4, 0.5) is 0 Å². The Labute approximate surface area is 127 Å². The van der Waals surface area contributed by atoms with Crippen molar-refractivity contribution in [2.75, 3.05) is 0 Å². The number of Topliss-reactive ketones (excluding diaryl/α,β-unsaturated/α-hetero) is 3. The first-order chi connectivity index (χ1) is 10.5. The molecule has 0 amide bonds. The molecule has 0 aliphatic rings. The molecule has 0 N–H and O–H groups in total. The lowest BCUT2D eigenvalue weighted by Gasteiger charge is -2.08. The lowest BCUT2D eigenvalue weighted by molar-refractivity contribution is 0.0837. The van der Waals surface area contributed by atoms with Crippen molar-refractivity contribution >= 4 is 17.3 Å². The van der Waals surface area contributed by atoms with Gasteiger partial charge in [-0.25, -0.2) is 4.98 Å². The topological polar surface area (TPSA) is 92.8 Å². The molecular formula is C16H13N3O3. The van der Waals surface area contributed by atoms with E-state index in [1.165, 1.54) is 42.0 Å². The average molecular weight is 295 g/mol. The normalized spacial score (nSPS) is 11.5. The van der Waals surface area contributed by atoms with Gasteiger partial charge in [0.05, 0.1) is 6.07 Å². The first kappa shape index (κ1) is 15.3. The summed E-state index contributed by atoms with van der Waals surface area (Å²) in [4.78, 5) is 39.7. The van der Waals surface area contributed by atoms with E-state index in [1.54, 1.807) is 19.3 Å². The quantitative estimate of drug-likeness (QED) is 0.619. The zero-order valence-corrected chi connectivity index (χ0v) is 12.1. The first-order valence-corrected chi connectivity index (χ1v) is 6.52. The number of nitriles is 1. The monoisotopic (exact) mass is 295 g/mol. The van der Waals surface area contributed by atoms with Crippen LogP contribution in [0.2, 0.25) is 0 Å². The number of aryl methyl sites for hydroxylation is 1. The van der Waals surface area contributed by atoms with Crippen LogP contribution in [0, 0.1) is 17.2 Å². The van der Waals surface area contributed by atoms with Crippen LogP contribution in [0.5, 0.6) is 0 Å². The fraction of sp³-hybridized carbons (Fsp3) is 0.188. The van der Waals surface area contributed by atoms with E-state index in [0.29, 0.717) is 5.56 Å². The van der Waals surface area contributed by atoms with E-state index in [-0.39, 0.29) is 17.2 Å². The van der Waals surface area contributed by atoms with Crippen LogP contribution < -0.4 is 0 Å². The summed E-state index contributed by atoms with van der Waals surface area (Å²) in [6, 6.07) is 7.60. The highest BCUT2D eigenvalue weighted by Crippen LogP contribution is 2.15. The van der Waals surface area contributed by atoms with Crippen molar-refractivity contribution in [1.29, 1.82) is 5.26 Å². The predicted octanol–water partition coefficient (Wildman–Crippen LogP) is 1.83. The molecule has 0 saturated carbocycles. The number of ketones is 3. The molecule has 1 atom stereocenters. The standard InChI is InChI=1S/C16H13N3O3/c1-10(20)11-3-5-12(6-4-11)14(21)13(9-17)15(22)16-18-7-8-19(16)2/h3-8,13H,1-2H3/t13-/m0/s1. The van der Waals surface area contributed by atoms with Gasteiger partial charge in [-0.15, -0.1) is 0 Å². The van der Waals surface area contributed by atoms with E-state index < -0.39 is 17.5 Å². The lowest BCUT2D eigenvalue weighted by Crippen LogP contribution is -2.25. The van der Waals surface area contributed by atoms with Gasteiger partial charge in [-0.3, -0.25) is 14.4 Å². The van der Waals surface area contributed by atoms with Crippen molar-refractivity contribution in [2.24, 2.45) is 13.0 Å². The van der Waals surface area contributed by atoms with Crippen molar-refractivity contribution in [3.05, 3.63) is 53.6 Å². The molecule has 0 unspecified atom stereocenters. The lowest BCUT2D eigenvalue weighted by atomic mass is 9.93. The van der Waals surface area contributed by atoms with Crippen molar-refractivity contribution in [1.82, 2.24) is 9.55 Å². The Kier molecular flexibility index (Phi) is 4.28. The van der Waals surface area contributed by atoms with Gasteiger partial charge in [0.25, 0.3) is 0 Å². The number of rotatable bonds is 5. The van der Waals surface area contributed by atoms with E-state index in [0.717, 1.165) is 0 Å². The number of aromatic nitrogens is 2. The minimum atomic E-state index is -1.45. The SMILES string of the molecule is CC(=O)c1ccc(C(=O)[C@H](C#N)C(=O)c2nccn2C)cc1. The second-order valence-electron chi connectivity index (χ2n) is 4.79. The molecule has 0 radical (unpaired) electrons. The molecule has 0 aliphatic carbocycles. The molecule has 2 aromatic rings. The fourth-order valence-corrected chi connectivity index (χ4v) is 2.00. The van der Waals surface area contributed by atoms with Crippen LogP contribution >= 0.6 is 0 Å². The van der Waals surface area contributed by atoms with E-state index in [4.69, 9.17) is 0 Å². The van der Waals surface area contributed by atoms with E-state index in [1.807, 2.05) is 0 Å². The second-order valence-corrected chi connectivity index (χ2v) is 4.79. The minimum Gasteiger partial charge on any atom is -0.332 e. The summed E-state index contributed by atoms with van der Waals surface area (Å²) < 4.78 is 1.46. The van der Waals surface area contributed by atoms with Gasteiger partial charge in [-0.2, -0.15) is 5.26 Å². The molecule has 0 spiro atoms. The molecule has 0 aliphatic heterocycles. The number of carbonyl (C=O) groups excluding carboxylic acids is 3. The largest absolute Gasteiger partial charge is 0.332 e. The van der Waals surface area contributed by atoms with Crippen molar-refractivity contribution in [3.8, 4) is 6.07 Å². The summed E-state index contributed by atoms with van der Waals surface area (Å²) >= 11 is 0. The van der Waals surface area contributed by atoms with Gasteiger partial charge < -0.3 is 4.57 Å². The van der Waals surface area contributed by atoms with Crippen molar-refractivity contribution in [3.63, 3.8) is 0 Å². The van der Waals surface area contributed by atoms with Gasteiger partial charge in [0.1, 0.15) is 0 Å². The predicted molar refractivity (Wildman–Crippen MR) is 77.4 cm³/mol. The van der Waals surface area contributed by atoms with Crippen LogP contribution in [0.1, 0.15) is 38.3 Å². The minimum absolute atomic E-state index is 0.0558. The maximum absolute atomic E-state index is 12.3. The molecular weight excluding hydrogens is 282 g/mol. The molecule has 22 heavy (non-hydrogen) atoms. The smallest absolute Gasteiger partial charge is 0.223 e. The summed E-state index contributed by atoms with van der Waals surface area (Å²) in [6.07, 6.45) is 2.99. The summed E-state index contributed by atoms with van der Waals surface area (Å²) in [6.45, 7) is 1.42. The zero-order valence-electron chi connectivity index (χ0n) is 12.1. The zero-order chi connectivity index (χ0) is 16.3. The van der Waals surface area contributed by atoms with Crippen LogP contribution in [0.25, 0.3) is 0 Å². The molecule has 6 heteroatoms. The third kappa shape index (κ3) is 2.83. The van der Waals surface area contributed by atoms with Crippen LogP contribution in [0.15, 0.2) is 36.7 Å². The molecule has 0 fully saturated rings. The first-order valence-electron chi connectivity index (χ1n) is 6.52. The Morgan fingerprint density at radius 3 is 2.18 bits per heavy atom. The Morgan fingerprint density at radius 1 is 1.14 bits per heavy atom. The van der Waals surface area contributed by atoms with Crippen LogP contribution in [-0.4, -0.2) is 26.9 Å². The average Bonchev–Trinajstić information content (AvgIpc) is 2.94. The van der Waals surface area contributed by atoms with Gasteiger partial charge in [-0.05, 0) is 6.92 Å². The summed E-state index contributed by atoms with van der Waals surface area (Å²) in [5.74, 6) is -2.77. The number of hydrogen-bond donors (Lipinski definition) is 0. The third-order valence-electron chi connectivity index (χ3n) is 3.27. The Bertz CT molecular complexity index is 782. The van der Waals surface area contributed by atoms with Gasteiger partial charge >= 0.3 is 0 Å². The van der Waals surface area contributed by atoms with Crippen LogP contribution in [-0.2, 0) is 7.05 Å². The molecule has 1 aromatic heterocycles. The summed E-state index contributed by atoms with van der Waals surface area (Å²) in [7, 11) is 1.61. The molecule has 0 saturated heterocycles. The van der Waals surface area contributed by atoms with Crippen molar-refractivity contribution < 1.29 is 14.4 Å². The van der Waals surface area contributed by atoms with E-state index >= 15 is 0 Å². The summed E-state index contributed by atoms with van der Waals surface area (Å²) in [5, 5.41) is 9.18. The molecule has 1 aromatic carbocycles. The highest BCUT2D eigenvalue weighted by molar-refractivity contribution is 6.17. The van der Waals surface area contributed by atoms with E-state index in [9.17, 15) is 19.6 Å². The van der Waals surface area contributed by atoms with Crippen molar-refractivity contribution in [2.45, 2.75) is 6.92 Å². The molecule has 0 bridgehead atoms. The number of benzene rings is 1. The summed E-state index contributed by atoms with van der Waals surface area (Å²) in [5.41, 5.74) is 0.666. The third-order valence-corrected chi connectivity index (χ3v) is 3.27. The highest BCUT2D eigenvalue weighted by Gasteiger charge is 2.30. The second kappa shape index (κ2) is 6.14. The molecule has 1 heterocycles. The number of carbonyl (C=O) groups is 3. The van der Waals surface area contributed by atoms with Gasteiger partial charge in [0, 0.05) is 30.6 Å². The maximum Gasteiger partial charge on any atom is 0.223 e. The van der Waals surface area contributed by atoms with E-state index in [2.05, 4.69) is 4.98 Å². The Balaban J connectivity index is 2.30. The molecule has 6 nitrogen and oxygen atoms in total. The Morgan fingerprint density at radius 2 is 1.73 bits per heavy atom. The number of hydrogen-bond acceptors (Lipinski definition) is 5. The number of imidazole rings is 1. The van der Waals surface area contributed by atoms with Gasteiger partial charge in [0.2, 0.25) is 5.78 Å². The maximum atomic E-state index is 12.3. The number of nitrogens with zero attached hydrogens (tertiary/aromatic N) is 3. The van der Waals surface area contributed by atoms with Gasteiger partial charge in [-0.1, -0.05) is 24.3 Å². The Hall–Kier alpha value is -3.07. The highest BCUT2D eigenvalue weighted by atomic mass is 16.2.